The Morgan fingerprint density at radius 3 is 2.76 bits per heavy atom. The molecule has 0 bridgehead atoms. The fraction of sp³-hybridized carbons (Fsp3) is 0.571. The maximum atomic E-state index is 9.04. The van der Waals surface area contributed by atoms with Crippen LogP contribution < -0.4 is 0 Å². The minimum absolute atomic E-state index is 0.00433. The Hall–Kier alpha value is -0.900. The molecule has 1 saturated heterocycles. The number of aliphatic hydroxyl groups is 1. The monoisotopic (exact) mass is 236 g/mol. The molecule has 1 aliphatic heterocycles. The molecule has 0 saturated carbocycles. The van der Waals surface area contributed by atoms with Gasteiger partial charge in [0.15, 0.2) is 0 Å². The summed E-state index contributed by atoms with van der Waals surface area (Å²) >= 11 is 0. The summed E-state index contributed by atoms with van der Waals surface area (Å²) in [7, 11) is 0. The Morgan fingerprint density at radius 1 is 1.35 bits per heavy atom. The van der Waals surface area contributed by atoms with Crippen LogP contribution in [0.1, 0.15) is 18.9 Å². The highest BCUT2D eigenvalue weighted by Gasteiger charge is 2.31. The molecule has 0 unspecified atom stereocenters. The molecule has 1 aliphatic rings. The molecule has 0 spiro atoms. The molecular weight excluding hydrogens is 216 g/mol. The van der Waals surface area contributed by atoms with Gasteiger partial charge >= 0.3 is 0 Å². The molecule has 1 heterocycles. The van der Waals surface area contributed by atoms with E-state index < -0.39 is 0 Å². The van der Waals surface area contributed by atoms with E-state index in [9.17, 15) is 0 Å². The van der Waals surface area contributed by atoms with Gasteiger partial charge in [-0.1, -0.05) is 37.3 Å². The van der Waals surface area contributed by atoms with Gasteiger partial charge in [-0.2, -0.15) is 0 Å². The first-order chi connectivity index (χ1) is 8.29. The highest BCUT2D eigenvalue weighted by atomic mass is 16.5. The van der Waals surface area contributed by atoms with Gasteiger partial charge in [0.25, 0.3) is 0 Å². The summed E-state index contributed by atoms with van der Waals surface area (Å²) in [5, 5.41) is 9.04. The van der Waals surface area contributed by atoms with Crippen molar-refractivity contribution in [1.29, 1.82) is 0 Å². The SMILES string of the molecule is C[C@@H]1C[C@H](CO)O[C@@H]1COCc1ccccc1. The van der Waals surface area contributed by atoms with Gasteiger partial charge in [0.1, 0.15) is 0 Å². The van der Waals surface area contributed by atoms with E-state index in [-0.39, 0.29) is 18.8 Å². The first-order valence-corrected chi connectivity index (χ1v) is 6.17. The molecule has 17 heavy (non-hydrogen) atoms. The average molecular weight is 236 g/mol. The Morgan fingerprint density at radius 2 is 2.12 bits per heavy atom. The highest BCUT2D eigenvalue weighted by Crippen LogP contribution is 2.26. The fourth-order valence-electron chi connectivity index (χ4n) is 2.19. The van der Waals surface area contributed by atoms with E-state index >= 15 is 0 Å². The van der Waals surface area contributed by atoms with Crippen LogP contribution in [0.3, 0.4) is 0 Å². The number of benzene rings is 1. The largest absolute Gasteiger partial charge is 0.394 e. The van der Waals surface area contributed by atoms with Crippen molar-refractivity contribution in [2.75, 3.05) is 13.2 Å². The number of rotatable bonds is 5. The molecule has 3 heteroatoms. The number of hydrogen-bond donors (Lipinski definition) is 1. The van der Waals surface area contributed by atoms with Crippen molar-refractivity contribution < 1.29 is 14.6 Å². The first kappa shape index (κ1) is 12.6. The van der Waals surface area contributed by atoms with Gasteiger partial charge in [-0.3, -0.25) is 0 Å². The Labute approximate surface area is 102 Å². The van der Waals surface area contributed by atoms with Crippen LogP contribution in [-0.4, -0.2) is 30.5 Å². The maximum absolute atomic E-state index is 9.04. The lowest BCUT2D eigenvalue weighted by atomic mass is 10.0. The van der Waals surface area contributed by atoms with Crippen molar-refractivity contribution in [2.24, 2.45) is 5.92 Å². The minimum Gasteiger partial charge on any atom is -0.394 e. The molecule has 0 amide bonds. The van der Waals surface area contributed by atoms with Crippen molar-refractivity contribution in [3.05, 3.63) is 35.9 Å². The third-order valence-corrected chi connectivity index (χ3v) is 3.23. The Bertz CT molecular complexity index is 325. The molecule has 2 rings (SSSR count). The number of aliphatic hydroxyl groups excluding tert-OH is 1. The smallest absolute Gasteiger partial charge is 0.0839 e. The van der Waals surface area contributed by atoms with E-state index in [0.717, 1.165) is 6.42 Å². The molecule has 0 aliphatic carbocycles. The minimum atomic E-state index is -0.00433. The van der Waals surface area contributed by atoms with Crippen LogP contribution in [0.2, 0.25) is 0 Å². The van der Waals surface area contributed by atoms with E-state index in [2.05, 4.69) is 19.1 Å². The van der Waals surface area contributed by atoms with Crippen LogP contribution in [-0.2, 0) is 16.1 Å². The average Bonchev–Trinajstić information content (AvgIpc) is 2.72. The molecule has 1 N–H and O–H groups in total. The van der Waals surface area contributed by atoms with Gasteiger partial charge < -0.3 is 14.6 Å². The normalized spacial score (nSPS) is 28.5. The summed E-state index contributed by atoms with van der Waals surface area (Å²) in [6.45, 7) is 3.48. The van der Waals surface area contributed by atoms with Gasteiger partial charge in [0, 0.05) is 0 Å². The van der Waals surface area contributed by atoms with E-state index in [4.69, 9.17) is 14.6 Å². The Kier molecular flexibility index (Phi) is 4.54. The fourth-order valence-corrected chi connectivity index (χ4v) is 2.19. The summed E-state index contributed by atoms with van der Waals surface area (Å²) in [4.78, 5) is 0. The second-order valence-corrected chi connectivity index (χ2v) is 4.69. The summed E-state index contributed by atoms with van der Waals surface area (Å²) < 4.78 is 11.3. The van der Waals surface area contributed by atoms with Gasteiger partial charge in [-0.25, -0.2) is 0 Å². The number of hydrogen-bond acceptors (Lipinski definition) is 3. The summed E-state index contributed by atoms with van der Waals surface area (Å²) in [6.07, 6.45) is 1.04. The molecule has 3 atom stereocenters. The second kappa shape index (κ2) is 6.15. The Balaban J connectivity index is 1.72. The lowest BCUT2D eigenvalue weighted by molar-refractivity contribution is -0.0425. The van der Waals surface area contributed by atoms with Gasteiger partial charge in [-0.05, 0) is 17.9 Å². The quantitative estimate of drug-likeness (QED) is 0.849. The van der Waals surface area contributed by atoms with Crippen LogP contribution in [0.4, 0.5) is 0 Å². The van der Waals surface area contributed by atoms with Crippen molar-refractivity contribution >= 4 is 0 Å². The molecule has 1 aromatic carbocycles. The van der Waals surface area contributed by atoms with E-state index in [1.54, 1.807) is 0 Å². The lowest BCUT2D eigenvalue weighted by Crippen LogP contribution is -2.22. The zero-order valence-corrected chi connectivity index (χ0v) is 10.2. The van der Waals surface area contributed by atoms with Crippen molar-refractivity contribution in [3.63, 3.8) is 0 Å². The third kappa shape index (κ3) is 3.53. The van der Waals surface area contributed by atoms with Crippen LogP contribution in [0, 0.1) is 5.92 Å². The predicted octanol–water partition coefficient (Wildman–Crippen LogP) is 1.99. The summed E-state index contributed by atoms with van der Waals surface area (Å²) in [6, 6.07) is 10.1. The van der Waals surface area contributed by atoms with Crippen LogP contribution in [0.25, 0.3) is 0 Å². The van der Waals surface area contributed by atoms with Gasteiger partial charge in [0.05, 0.1) is 32.0 Å². The lowest BCUT2D eigenvalue weighted by Gasteiger charge is -2.15. The predicted molar refractivity (Wildman–Crippen MR) is 65.6 cm³/mol. The van der Waals surface area contributed by atoms with E-state index in [1.165, 1.54) is 5.56 Å². The van der Waals surface area contributed by atoms with E-state index in [1.807, 2.05) is 18.2 Å². The first-order valence-electron chi connectivity index (χ1n) is 6.17. The van der Waals surface area contributed by atoms with Crippen LogP contribution in [0.5, 0.6) is 0 Å². The van der Waals surface area contributed by atoms with Crippen LogP contribution in [0.15, 0.2) is 30.3 Å². The van der Waals surface area contributed by atoms with Gasteiger partial charge in [0.2, 0.25) is 0 Å². The highest BCUT2D eigenvalue weighted by molar-refractivity contribution is 5.13. The second-order valence-electron chi connectivity index (χ2n) is 4.69. The van der Waals surface area contributed by atoms with Crippen molar-refractivity contribution in [1.82, 2.24) is 0 Å². The third-order valence-electron chi connectivity index (χ3n) is 3.23. The summed E-state index contributed by atoms with van der Waals surface area (Å²) in [5.41, 5.74) is 1.18. The van der Waals surface area contributed by atoms with Crippen molar-refractivity contribution in [2.45, 2.75) is 32.2 Å². The molecule has 3 nitrogen and oxygen atoms in total. The topological polar surface area (TPSA) is 38.7 Å². The molecule has 1 aromatic rings. The zero-order valence-electron chi connectivity index (χ0n) is 10.2. The van der Waals surface area contributed by atoms with E-state index in [0.29, 0.717) is 19.1 Å². The standard InChI is InChI=1S/C14H20O3/c1-11-7-13(8-15)17-14(11)10-16-9-12-5-3-2-4-6-12/h2-6,11,13-15H,7-10H2,1H3/t11-,13-,14-/m1/s1. The molecule has 94 valence electrons. The summed E-state index contributed by atoms with van der Waals surface area (Å²) in [5.74, 6) is 0.461. The molecular formula is C14H20O3. The molecule has 0 radical (unpaired) electrons. The van der Waals surface area contributed by atoms with Gasteiger partial charge in [-0.15, -0.1) is 0 Å². The maximum Gasteiger partial charge on any atom is 0.0839 e. The zero-order chi connectivity index (χ0) is 12.1. The van der Waals surface area contributed by atoms with Crippen LogP contribution >= 0.6 is 0 Å². The molecule has 1 fully saturated rings. The molecule has 0 aromatic heterocycles. The van der Waals surface area contributed by atoms with Crippen molar-refractivity contribution in [3.8, 4) is 0 Å². The number of ether oxygens (including phenoxy) is 2.